The Morgan fingerprint density at radius 2 is 1.71 bits per heavy atom. The normalized spacial score (nSPS) is 19.7. The second kappa shape index (κ2) is 9.89. The van der Waals surface area contributed by atoms with Crippen LogP contribution in [0.25, 0.3) is 0 Å². The maximum Gasteiger partial charge on any atom is 0.214 e. The lowest BCUT2D eigenvalue weighted by atomic mass is 10.0. The van der Waals surface area contributed by atoms with E-state index in [2.05, 4.69) is 59.0 Å². The van der Waals surface area contributed by atoms with E-state index in [4.69, 9.17) is 9.47 Å². The predicted molar refractivity (Wildman–Crippen MR) is 117 cm³/mol. The number of ether oxygens (including phenoxy) is 2. The van der Waals surface area contributed by atoms with E-state index in [1.54, 1.807) is 19.1 Å². The lowest BCUT2D eigenvalue weighted by Crippen LogP contribution is -3.27. The van der Waals surface area contributed by atoms with Crippen LogP contribution in [-0.4, -0.2) is 67.7 Å². The zero-order valence-electron chi connectivity index (χ0n) is 18.5. The van der Waals surface area contributed by atoms with Crippen LogP contribution in [0.2, 0.25) is 0 Å². The summed E-state index contributed by atoms with van der Waals surface area (Å²) in [4.78, 5) is 3.11. The molecule has 2 aromatic carbocycles. The minimum atomic E-state index is 0.134. The van der Waals surface area contributed by atoms with Crippen LogP contribution >= 0.6 is 0 Å². The fourth-order valence-corrected chi connectivity index (χ4v) is 4.35. The van der Waals surface area contributed by atoms with E-state index in [-0.39, 0.29) is 6.04 Å². The van der Waals surface area contributed by atoms with Gasteiger partial charge in [-0.3, -0.25) is 0 Å². The molecule has 0 radical (unpaired) electrons. The summed E-state index contributed by atoms with van der Waals surface area (Å²) in [7, 11) is 5.57. The van der Waals surface area contributed by atoms with Crippen LogP contribution in [-0.2, 0) is 13.0 Å². The molecule has 1 aromatic heterocycles. The van der Waals surface area contributed by atoms with Gasteiger partial charge in [0.05, 0.1) is 21.3 Å². The number of nitrogens with one attached hydrogen (secondary N) is 2. The van der Waals surface area contributed by atoms with Gasteiger partial charge in [-0.15, -0.1) is 5.10 Å². The zero-order valence-corrected chi connectivity index (χ0v) is 18.5. The van der Waals surface area contributed by atoms with Gasteiger partial charge in [0.15, 0.2) is 17.5 Å². The molecule has 2 N–H and O–H groups in total. The van der Waals surface area contributed by atoms with Crippen molar-refractivity contribution in [2.75, 3.05) is 47.4 Å². The van der Waals surface area contributed by atoms with Crippen LogP contribution in [0.5, 0.6) is 11.5 Å². The van der Waals surface area contributed by atoms with Gasteiger partial charge < -0.3 is 19.3 Å². The predicted octanol–water partition coefficient (Wildman–Crippen LogP) is -0.564. The van der Waals surface area contributed by atoms with Crippen molar-refractivity contribution in [2.45, 2.75) is 19.0 Å². The van der Waals surface area contributed by atoms with Crippen molar-refractivity contribution in [3.05, 3.63) is 65.5 Å². The summed E-state index contributed by atoms with van der Waals surface area (Å²) >= 11 is 0. The maximum absolute atomic E-state index is 5.44. The number of aryl methyl sites for hydroxylation is 2. The molecule has 2 heterocycles. The molecule has 31 heavy (non-hydrogen) atoms. The van der Waals surface area contributed by atoms with Gasteiger partial charge in [0.25, 0.3) is 0 Å². The molecule has 1 fully saturated rings. The van der Waals surface area contributed by atoms with E-state index in [9.17, 15) is 0 Å². The number of aromatic nitrogens is 4. The summed E-state index contributed by atoms with van der Waals surface area (Å²) in [5, 5.41) is 12.9. The summed E-state index contributed by atoms with van der Waals surface area (Å²) in [6.45, 7) is 5.24. The van der Waals surface area contributed by atoms with Crippen molar-refractivity contribution < 1.29 is 19.3 Å². The lowest BCUT2D eigenvalue weighted by Gasteiger charge is -2.32. The first-order valence-corrected chi connectivity index (χ1v) is 10.9. The van der Waals surface area contributed by atoms with Crippen molar-refractivity contribution in [1.29, 1.82) is 0 Å². The molecule has 0 saturated carbocycles. The average molecular weight is 425 g/mol. The molecule has 0 amide bonds. The van der Waals surface area contributed by atoms with Gasteiger partial charge in [0.1, 0.15) is 26.2 Å². The van der Waals surface area contributed by atoms with E-state index < -0.39 is 0 Å². The molecule has 3 aromatic rings. The van der Waals surface area contributed by atoms with E-state index in [1.807, 2.05) is 16.8 Å². The highest BCUT2D eigenvalue weighted by Crippen LogP contribution is 2.28. The molecule has 1 aliphatic heterocycles. The summed E-state index contributed by atoms with van der Waals surface area (Å²) in [6, 6.07) is 16.8. The standard InChI is InChI=1S/C23H30N6O2/c1-27-13-15-28(16-14-27)22(19-7-5-4-6-8-19)23-24-25-26-29(23)12-11-18-9-10-20(30-2)21(17-18)31-3/h4-10,17,22H,11-16H2,1-3H3/p+2/t22-/m0/s1. The molecule has 8 heteroatoms. The molecule has 8 nitrogen and oxygen atoms in total. The number of tetrazole rings is 1. The highest BCUT2D eigenvalue weighted by Gasteiger charge is 2.34. The number of methoxy groups -OCH3 is 2. The van der Waals surface area contributed by atoms with Crippen molar-refractivity contribution in [3.8, 4) is 11.5 Å². The first-order chi connectivity index (χ1) is 15.2. The number of piperazine rings is 1. The third-order valence-corrected chi connectivity index (χ3v) is 6.16. The minimum Gasteiger partial charge on any atom is -0.493 e. The number of rotatable bonds is 8. The highest BCUT2D eigenvalue weighted by atomic mass is 16.5. The maximum atomic E-state index is 5.44. The molecular weight excluding hydrogens is 392 g/mol. The molecule has 164 valence electrons. The Morgan fingerprint density at radius 3 is 2.42 bits per heavy atom. The van der Waals surface area contributed by atoms with Crippen LogP contribution in [0, 0.1) is 0 Å². The van der Waals surface area contributed by atoms with Gasteiger partial charge in [-0.2, -0.15) is 0 Å². The molecule has 1 saturated heterocycles. The number of benzene rings is 2. The van der Waals surface area contributed by atoms with Crippen molar-refractivity contribution in [2.24, 2.45) is 0 Å². The number of nitrogens with zero attached hydrogens (tertiary/aromatic N) is 4. The van der Waals surface area contributed by atoms with Crippen LogP contribution in [0.4, 0.5) is 0 Å². The SMILES string of the molecule is COc1ccc(CCn2nnnc2[C@H](c2ccccc2)[NH+]2CC[NH+](C)CC2)cc1OC. The smallest absolute Gasteiger partial charge is 0.214 e. The molecular formula is C23H32N6O2+2. The first kappa shape index (κ1) is 21.3. The number of hydrogen-bond donors (Lipinski definition) is 2. The Hall–Kier alpha value is -2.97. The fraction of sp³-hybridized carbons (Fsp3) is 0.435. The van der Waals surface area contributed by atoms with E-state index in [1.165, 1.54) is 10.5 Å². The van der Waals surface area contributed by atoms with Crippen LogP contribution < -0.4 is 19.3 Å². The van der Waals surface area contributed by atoms with Crippen LogP contribution in [0.1, 0.15) is 23.0 Å². The average Bonchev–Trinajstić information content (AvgIpc) is 3.27. The van der Waals surface area contributed by atoms with Crippen LogP contribution in [0.3, 0.4) is 0 Å². The fourth-order valence-electron chi connectivity index (χ4n) is 4.35. The summed E-state index contributed by atoms with van der Waals surface area (Å²) in [6.07, 6.45) is 0.808. The second-order valence-corrected chi connectivity index (χ2v) is 8.16. The molecule has 1 atom stereocenters. The highest BCUT2D eigenvalue weighted by molar-refractivity contribution is 5.42. The van der Waals surface area contributed by atoms with Gasteiger partial charge in [0.2, 0.25) is 5.82 Å². The zero-order chi connectivity index (χ0) is 21.6. The number of quaternary nitrogens is 2. The molecule has 0 spiro atoms. The molecule has 0 unspecified atom stereocenters. The van der Waals surface area contributed by atoms with Gasteiger partial charge >= 0.3 is 0 Å². The molecule has 0 aliphatic carbocycles. The Bertz CT molecular complexity index is 969. The third-order valence-electron chi connectivity index (χ3n) is 6.16. The lowest BCUT2D eigenvalue weighted by molar-refractivity contribution is -1.02. The van der Waals surface area contributed by atoms with Gasteiger partial charge in [-0.1, -0.05) is 36.4 Å². The topological polar surface area (TPSA) is 70.9 Å². The number of likely N-dealkylation sites (N-methyl/N-ethyl adjacent to an activating group) is 1. The van der Waals surface area contributed by atoms with Gasteiger partial charge in [-0.25, -0.2) is 4.68 Å². The van der Waals surface area contributed by atoms with Crippen LogP contribution in [0.15, 0.2) is 48.5 Å². The second-order valence-electron chi connectivity index (χ2n) is 8.16. The van der Waals surface area contributed by atoms with E-state index >= 15 is 0 Å². The molecule has 1 aliphatic rings. The quantitative estimate of drug-likeness (QED) is 0.507. The largest absolute Gasteiger partial charge is 0.493 e. The summed E-state index contributed by atoms with van der Waals surface area (Å²) in [5.74, 6) is 2.41. The van der Waals surface area contributed by atoms with Crippen molar-refractivity contribution in [3.63, 3.8) is 0 Å². The molecule has 0 bridgehead atoms. The van der Waals surface area contributed by atoms with Crippen molar-refractivity contribution >= 4 is 0 Å². The summed E-state index contributed by atoms with van der Waals surface area (Å²) in [5.41, 5.74) is 2.42. The van der Waals surface area contributed by atoms with Gasteiger partial charge in [-0.05, 0) is 34.5 Å². The Labute approximate surface area is 183 Å². The Morgan fingerprint density at radius 1 is 0.968 bits per heavy atom. The monoisotopic (exact) mass is 424 g/mol. The first-order valence-electron chi connectivity index (χ1n) is 10.9. The van der Waals surface area contributed by atoms with E-state index in [0.717, 1.165) is 55.5 Å². The summed E-state index contributed by atoms with van der Waals surface area (Å²) < 4.78 is 12.8. The molecule has 4 rings (SSSR count). The van der Waals surface area contributed by atoms with Gasteiger partial charge in [0, 0.05) is 12.1 Å². The minimum absolute atomic E-state index is 0.134. The Balaban J connectivity index is 1.57. The number of hydrogen-bond acceptors (Lipinski definition) is 5. The Kier molecular flexibility index (Phi) is 6.79. The van der Waals surface area contributed by atoms with E-state index in [0.29, 0.717) is 6.54 Å². The van der Waals surface area contributed by atoms with Crippen molar-refractivity contribution in [1.82, 2.24) is 20.2 Å². The third kappa shape index (κ3) is 4.86.